The summed E-state index contributed by atoms with van der Waals surface area (Å²) in [5.41, 5.74) is 5.00. The Morgan fingerprint density at radius 1 is 1.11 bits per heavy atom. The van der Waals surface area contributed by atoms with Crippen LogP contribution in [-0.2, 0) is 30.7 Å². The van der Waals surface area contributed by atoms with Crippen molar-refractivity contribution in [3.63, 3.8) is 0 Å². The Hall–Kier alpha value is -1.80. The number of hydrogen-bond acceptors (Lipinski definition) is 3. The van der Waals surface area contributed by atoms with E-state index in [1.807, 2.05) is 0 Å². The molecule has 5 nitrogen and oxygen atoms in total. The lowest BCUT2D eigenvalue weighted by Crippen LogP contribution is -2.38. The molecule has 0 spiro atoms. The van der Waals surface area contributed by atoms with Crippen molar-refractivity contribution >= 4 is 29.9 Å². The molecular weight excluding hydrogens is 465 g/mol. The van der Waals surface area contributed by atoms with Gasteiger partial charge in [-0.05, 0) is 41.7 Å². The number of fused-ring (bicyclic) bond motifs is 1. The lowest BCUT2D eigenvalue weighted by Gasteiger charge is -2.12. The first-order valence-electron chi connectivity index (χ1n) is 9.62. The lowest BCUT2D eigenvalue weighted by molar-refractivity contribution is 0.185. The van der Waals surface area contributed by atoms with Crippen molar-refractivity contribution in [1.82, 2.24) is 10.6 Å². The second kappa shape index (κ2) is 11.9. The Kier molecular flexibility index (Phi) is 9.57. The normalized spacial score (nSPS) is 12.7. The lowest BCUT2D eigenvalue weighted by atomic mass is 10.1. The summed E-state index contributed by atoms with van der Waals surface area (Å²) in [5, 5.41) is 6.74. The van der Waals surface area contributed by atoms with Gasteiger partial charge in [-0.1, -0.05) is 36.4 Å². The van der Waals surface area contributed by atoms with Crippen LogP contribution in [0.4, 0.5) is 0 Å². The molecule has 0 unspecified atom stereocenters. The first-order chi connectivity index (χ1) is 13.3. The second-order valence-corrected chi connectivity index (χ2v) is 6.67. The van der Waals surface area contributed by atoms with Gasteiger partial charge in [0.1, 0.15) is 5.75 Å². The highest BCUT2D eigenvalue weighted by molar-refractivity contribution is 14.0. The number of aliphatic imine (C=N–C) groups is 1. The molecule has 2 aromatic carbocycles. The van der Waals surface area contributed by atoms with Crippen LogP contribution in [-0.4, -0.2) is 32.8 Å². The summed E-state index contributed by atoms with van der Waals surface area (Å²) in [6, 6.07) is 14.9. The van der Waals surface area contributed by atoms with Gasteiger partial charge in [-0.2, -0.15) is 0 Å². The number of ether oxygens (including phenoxy) is 2. The number of benzene rings is 2. The third-order valence-electron chi connectivity index (χ3n) is 4.53. The van der Waals surface area contributed by atoms with Crippen molar-refractivity contribution in [3.8, 4) is 5.75 Å². The fourth-order valence-electron chi connectivity index (χ4n) is 3.22. The second-order valence-electron chi connectivity index (χ2n) is 6.67. The highest BCUT2D eigenvalue weighted by atomic mass is 127. The van der Waals surface area contributed by atoms with Crippen LogP contribution in [0.5, 0.6) is 5.75 Å². The Balaban J connectivity index is 0.00000280. The molecule has 0 radical (unpaired) electrons. The van der Waals surface area contributed by atoms with Gasteiger partial charge in [0.2, 0.25) is 0 Å². The van der Waals surface area contributed by atoms with Crippen molar-refractivity contribution in [2.24, 2.45) is 4.99 Å². The molecule has 2 N–H and O–H groups in total. The van der Waals surface area contributed by atoms with E-state index >= 15 is 0 Å². The number of guanidine groups is 1. The molecule has 6 heteroatoms. The summed E-state index contributed by atoms with van der Waals surface area (Å²) < 4.78 is 10.8. The molecule has 2 aromatic rings. The van der Waals surface area contributed by atoms with Crippen molar-refractivity contribution < 1.29 is 9.47 Å². The van der Waals surface area contributed by atoms with Crippen LogP contribution in [0.3, 0.4) is 0 Å². The smallest absolute Gasteiger partial charge is 0.191 e. The van der Waals surface area contributed by atoms with Crippen molar-refractivity contribution in [2.45, 2.75) is 32.9 Å². The van der Waals surface area contributed by atoms with E-state index in [0.717, 1.165) is 44.2 Å². The van der Waals surface area contributed by atoms with E-state index in [4.69, 9.17) is 14.5 Å². The highest BCUT2D eigenvalue weighted by Gasteiger charge is 2.11. The molecule has 0 saturated heterocycles. The van der Waals surface area contributed by atoms with E-state index < -0.39 is 0 Å². The van der Waals surface area contributed by atoms with Gasteiger partial charge in [0.05, 0.1) is 19.8 Å². The Morgan fingerprint density at radius 2 is 1.96 bits per heavy atom. The maximum Gasteiger partial charge on any atom is 0.191 e. The third kappa shape index (κ3) is 6.67. The van der Waals surface area contributed by atoms with Gasteiger partial charge in [0.25, 0.3) is 0 Å². The third-order valence-corrected chi connectivity index (χ3v) is 4.53. The van der Waals surface area contributed by atoms with E-state index in [1.165, 1.54) is 22.3 Å². The molecule has 3 rings (SSSR count). The number of methoxy groups -OCH3 is 1. The van der Waals surface area contributed by atoms with Crippen LogP contribution in [0.1, 0.15) is 29.2 Å². The van der Waals surface area contributed by atoms with Gasteiger partial charge < -0.3 is 20.1 Å². The predicted octanol–water partition coefficient (Wildman–Crippen LogP) is 3.68. The fourth-order valence-corrected chi connectivity index (χ4v) is 3.22. The minimum atomic E-state index is 0. The Morgan fingerprint density at radius 3 is 2.79 bits per heavy atom. The molecule has 0 amide bonds. The summed E-state index contributed by atoms with van der Waals surface area (Å²) in [7, 11) is 1.71. The maximum absolute atomic E-state index is 5.57. The largest absolute Gasteiger partial charge is 0.493 e. The van der Waals surface area contributed by atoms with Crippen molar-refractivity contribution in [3.05, 3.63) is 64.7 Å². The summed E-state index contributed by atoms with van der Waals surface area (Å²) in [4.78, 5) is 4.71. The molecular formula is C22H30IN3O2. The van der Waals surface area contributed by atoms with Gasteiger partial charge in [-0.3, -0.25) is 0 Å². The summed E-state index contributed by atoms with van der Waals surface area (Å²) in [6.45, 7) is 5.84. The molecule has 28 heavy (non-hydrogen) atoms. The number of nitrogens with zero attached hydrogens (tertiary/aromatic N) is 1. The Labute approximate surface area is 184 Å². The van der Waals surface area contributed by atoms with Crippen LogP contribution in [0, 0.1) is 0 Å². The maximum atomic E-state index is 5.57. The molecule has 1 heterocycles. The van der Waals surface area contributed by atoms with E-state index in [-0.39, 0.29) is 24.0 Å². The topological polar surface area (TPSA) is 54.9 Å². The predicted molar refractivity (Wildman–Crippen MR) is 125 cm³/mol. The molecule has 1 aliphatic heterocycles. The number of halogens is 1. The minimum absolute atomic E-state index is 0. The van der Waals surface area contributed by atoms with Gasteiger partial charge in [0.15, 0.2) is 5.96 Å². The summed E-state index contributed by atoms with van der Waals surface area (Å²) in [5.74, 6) is 1.89. The van der Waals surface area contributed by atoms with E-state index in [0.29, 0.717) is 13.2 Å². The molecule has 0 bridgehead atoms. The first kappa shape index (κ1) is 22.5. The summed E-state index contributed by atoms with van der Waals surface area (Å²) in [6.07, 6.45) is 1.98. The average Bonchev–Trinajstić information content (AvgIpc) is 3.14. The van der Waals surface area contributed by atoms with Crippen LogP contribution in [0.15, 0.2) is 47.5 Å². The average molecular weight is 495 g/mol. The zero-order valence-corrected chi connectivity index (χ0v) is 19.0. The van der Waals surface area contributed by atoms with Gasteiger partial charge in [-0.25, -0.2) is 4.99 Å². The zero-order valence-electron chi connectivity index (χ0n) is 16.7. The molecule has 1 aliphatic rings. The van der Waals surface area contributed by atoms with Gasteiger partial charge in [0, 0.05) is 26.6 Å². The van der Waals surface area contributed by atoms with Crippen LogP contribution in [0.25, 0.3) is 0 Å². The minimum Gasteiger partial charge on any atom is -0.493 e. The molecule has 0 aliphatic carbocycles. The molecule has 0 saturated carbocycles. The zero-order chi connectivity index (χ0) is 18.9. The Bertz CT molecular complexity index is 780. The molecule has 152 valence electrons. The SMILES string of the molecule is CCNC(=NCc1cccc(COC)c1)NCCc1ccc2c(c1)CCO2.I. The summed E-state index contributed by atoms with van der Waals surface area (Å²) >= 11 is 0. The van der Waals surface area contributed by atoms with Crippen molar-refractivity contribution in [2.75, 3.05) is 26.8 Å². The fraction of sp³-hybridized carbons (Fsp3) is 0.409. The number of nitrogens with one attached hydrogen (secondary N) is 2. The molecule has 0 fully saturated rings. The van der Waals surface area contributed by atoms with Crippen LogP contribution < -0.4 is 15.4 Å². The van der Waals surface area contributed by atoms with Gasteiger partial charge >= 0.3 is 0 Å². The standard InChI is InChI=1S/C22H29N3O2.HI/c1-3-23-22(25-15-18-5-4-6-19(13-18)16-26-2)24-11-9-17-7-8-21-20(14-17)10-12-27-21;/h4-8,13-14H,3,9-12,15-16H2,1-2H3,(H2,23,24,25);1H. The van der Waals surface area contributed by atoms with Crippen molar-refractivity contribution in [1.29, 1.82) is 0 Å². The van der Waals surface area contributed by atoms with E-state index in [9.17, 15) is 0 Å². The van der Waals surface area contributed by atoms with Gasteiger partial charge in [-0.15, -0.1) is 24.0 Å². The highest BCUT2D eigenvalue weighted by Crippen LogP contribution is 2.25. The molecule has 0 atom stereocenters. The monoisotopic (exact) mass is 495 g/mol. The van der Waals surface area contributed by atoms with E-state index in [1.54, 1.807) is 7.11 Å². The number of hydrogen-bond donors (Lipinski definition) is 2. The first-order valence-corrected chi connectivity index (χ1v) is 9.62. The number of rotatable bonds is 8. The van der Waals surface area contributed by atoms with E-state index in [2.05, 4.69) is 60.0 Å². The quantitative estimate of drug-likeness (QED) is 0.334. The molecule has 0 aromatic heterocycles. The van der Waals surface area contributed by atoms with Crippen LogP contribution in [0.2, 0.25) is 0 Å². The van der Waals surface area contributed by atoms with Crippen LogP contribution >= 0.6 is 24.0 Å².